The number of anilines is 1. The molecule has 0 radical (unpaired) electrons. The summed E-state index contributed by atoms with van der Waals surface area (Å²) in [5.41, 5.74) is 0.965. The quantitative estimate of drug-likeness (QED) is 0.610. The zero-order valence-corrected chi connectivity index (χ0v) is 7.43. The molecule has 0 spiro atoms. The Morgan fingerprint density at radius 1 is 1.50 bits per heavy atom. The zero-order chi connectivity index (χ0) is 8.72. The van der Waals surface area contributed by atoms with E-state index in [4.69, 9.17) is 16.3 Å². The molecule has 0 bridgehead atoms. The SMILES string of the molecule is C=C1Oc2ccc(Cl)cc2N1C. The van der Waals surface area contributed by atoms with Gasteiger partial charge in [-0.25, -0.2) is 0 Å². The van der Waals surface area contributed by atoms with Crippen molar-refractivity contribution in [2.24, 2.45) is 0 Å². The summed E-state index contributed by atoms with van der Waals surface area (Å²) < 4.78 is 5.35. The molecule has 1 heterocycles. The van der Waals surface area contributed by atoms with Crippen LogP contribution in [0.2, 0.25) is 5.02 Å². The zero-order valence-electron chi connectivity index (χ0n) is 6.67. The summed E-state index contributed by atoms with van der Waals surface area (Å²) in [6, 6.07) is 5.49. The summed E-state index contributed by atoms with van der Waals surface area (Å²) >= 11 is 5.82. The van der Waals surface area contributed by atoms with Crippen LogP contribution in [0.3, 0.4) is 0 Å². The maximum atomic E-state index is 5.82. The molecule has 0 amide bonds. The number of hydrogen-bond donors (Lipinski definition) is 0. The van der Waals surface area contributed by atoms with E-state index < -0.39 is 0 Å². The molecule has 1 aromatic rings. The van der Waals surface area contributed by atoms with Crippen molar-refractivity contribution in [3.05, 3.63) is 35.7 Å². The Labute approximate surface area is 76.0 Å². The highest BCUT2D eigenvalue weighted by molar-refractivity contribution is 6.31. The van der Waals surface area contributed by atoms with Crippen molar-refractivity contribution in [2.45, 2.75) is 0 Å². The van der Waals surface area contributed by atoms with Gasteiger partial charge in [-0.2, -0.15) is 0 Å². The summed E-state index contributed by atoms with van der Waals surface area (Å²) in [7, 11) is 1.89. The van der Waals surface area contributed by atoms with Gasteiger partial charge in [-0.15, -0.1) is 0 Å². The third kappa shape index (κ3) is 0.959. The summed E-state index contributed by atoms with van der Waals surface area (Å²) in [5.74, 6) is 1.44. The molecule has 0 saturated heterocycles. The van der Waals surface area contributed by atoms with Gasteiger partial charge in [-0.3, -0.25) is 0 Å². The van der Waals surface area contributed by atoms with Crippen LogP contribution in [0.1, 0.15) is 0 Å². The third-order valence-electron chi connectivity index (χ3n) is 1.88. The highest BCUT2D eigenvalue weighted by Crippen LogP contribution is 2.38. The van der Waals surface area contributed by atoms with Gasteiger partial charge in [0.25, 0.3) is 0 Å². The molecule has 1 aromatic carbocycles. The highest BCUT2D eigenvalue weighted by Gasteiger charge is 2.20. The molecule has 62 valence electrons. The minimum absolute atomic E-state index is 0.632. The fourth-order valence-electron chi connectivity index (χ4n) is 1.17. The number of ether oxygens (including phenoxy) is 1. The van der Waals surface area contributed by atoms with Crippen LogP contribution >= 0.6 is 11.6 Å². The topological polar surface area (TPSA) is 12.5 Å². The van der Waals surface area contributed by atoms with E-state index in [9.17, 15) is 0 Å². The second kappa shape index (κ2) is 2.42. The Morgan fingerprint density at radius 2 is 2.25 bits per heavy atom. The van der Waals surface area contributed by atoms with E-state index in [1.165, 1.54) is 0 Å². The molecule has 2 nitrogen and oxygen atoms in total. The largest absolute Gasteiger partial charge is 0.439 e. The highest BCUT2D eigenvalue weighted by atomic mass is 35.5. The van der Waals surface area contributed by atoms with Gasteiger partial charge < -0.3 is 9.64 Å². The van der Waals surface area contributed by atoms with E-state index in [0.29, 0.717) is 10.9 Å². The monoisotopic (exact) mass is 181 g/mol. The Hall–Kier alpha value is -1.15. The van der Waals surface area contributed by atoms with Gasteiger partial charge in [0.05, 0.1) is 5.69 Å². The maximum Gasteiger partial charge on any atom is 0.193 e. The predicted octanol–water partition coefficient (Wildman–Crippen LogP) is 2.64. The Morgan fingerprint density at radius 3 is 3.00 bits per heavy atom. The van der Waals surface area contributed by atoms with Crippen LogP contribution < -0.4 is 9.64 Å². The van der Waals surface area contributed by atoms with Gasteiger partial charge in [0, 0.05) is 12.1 Å². The molecule has 12 heavy (non-hydrogen) atoms. The number of hydrogen-bond acceptors (Lipinski definition) is 2. The van der Waals surface area contributed by atoms with Gasteiger partial charge in [0.15, 0.2) is 11.6 Å². The van der Waals surface area contributed by atoms with E-state index in [0.717, 1.165) is 11.4 Å². The number of rotatable bonds is 0. The van der Waals surface area contributed by atoms with Gasteiger partial charge in [-0.1, -0.05) is 11.6 Å². The van der Waals surface area contributed by atoms with Crippen molar-refractivity contribution in [1.82, 2.24) is 0 Å². The molecule has 0 atom stereocenters. The number of nitrogens with zero attached hydrogens (tertiary/aromatic N) is 1. The second-order valence-electron chi connectivity index (χ2n) is 2.67. The average Bonchev–Trinajstić information content (AvgIpc) is 2.31. The number of benzene rings is 1. The smallest absolute Gasteiger partial charge is 0.193 e. The minimum atomic E-state index is 0.632. The Bertz CT molecular complexity index is 348. The molecule has 0 aliphatic carbocycles. The van der Waals surface area contributed by atoms with Crippen LogP contribution in [-0.2, 0) is 0 Å². The Balaban J connectivity index is 2.55. The molecule has 1 aliphatic heterocycles. The van der Waals surface area contributed by atoms with E-state index in [2.05, 4.69) is 6.58 Å². The molecule has 0 unspecified atom stereocenters. The summed E-state index contributed by atoms with van der Waals surface area (Å²) in [5, 5.41) is 0.707. The van der Waals surface area contributed by atoms with E-state index >= 15 is 0 Å². The van der Waals surface area contributed by atoms with Crippen molar-refractivity contribution in [3.63, 3.8) is 0 Å². The molecule has 0 aromatic heterocycles. The minimum Gasteiger partial charge on any atom is -0.439 e. The second-order valence-corrected chi connectivity index (χ2v) is 3.10. The standard InChI is InChI=1S/C9H8ClNO/c1-6-11(2)8-5-7(10)3-4-9(8)12-6/h3-5H,1H2,2H3. The van der Waals surface area contributed by atoms with Crippen LogP contribution in [0.5, 0.6) is 5.75 Å². The average molecular weight is 182 g/mol. The maximum absolute atomic E-state index is 5.82. The molecule has 0 N–H and O–H groups in total. The van der Waals surface area contributed by atoms with Crippen LogP contribution in [0.4, 0.5) is 5.69 Å². The van der Waals surface area contributed by atoms with E-state index in [1.807, 2.05) is 24.1 Å². The Kier molecular flexibility index (Phi) is 1.51. The molecular formula is C9H8ClNO. The molecular weight excluding hydrogens is 174 g/mol. The van der Waals surface area contributed by atoms with Crippen molar-refractivity contribution < 1.29 is 4.74 Å². The van der Waals surface area contributed by atoms with Crippen LogP contribution in [0, 0.1) is 0 Å². The van der Waals surface area contributed by atoms with Crippen molar-refractivity contribution >= 4 is 17.3 Å². The third-order valence-corrected chi connectivity index (χ3v) is 2.12. The van der Waals surface area contributed by atoms with Gasteiger partial charge in [0.2, 0.25) is 0 Å². The fraction of sp³-hybridized carbons (Fsp3) is 0.111. The van der Waals surface area contributed by atoms with Gasteiger partial charge in [-0.05, 0) is 24.8 Å². The first-order chi connectivity index (χ1) is 5.68. The van der Waals surface area contributed by atoms with Gasteiger partial charge in [0.1, 0.15) is 0 Å². The fourth-order valence-corrected chi connectivity index (χ4v) is 1.34. The lowest BCUT2D eigenvalue weighted by Gasteiger charge is -2.08. The van der Waals surface area contributed by atoms with Crippen molar-refractivity contribution in [1.29, 1.82) is 0 Å². The molecule has 3 heteroatoms. The van der Waals surface area contributed by atoms with Crippen LogP contribution in [0.25, 0.3) is 0 Å². The lowest BCUT2D eigenvalue weighted by Crippen LogP contribution is -2.11. The molecule has 0 fully saturated rings. The summed E-state index contributed by atoms with van der Waals surface area (Å²) in [6.45, 7) is 3.74. The van der Waals surface area contributed by atoms with Crippen molar-refractivity contribution in [2.75, 3.05) is 11.9 Å². The lowest BCUT2D eigenvalue weighted by atomic mass is 10.3. The molecule has 2 rings (SSSR count). The summed E-state index contributed by atoms with van der Waals surface area (Å²) in [6.07, 6.45) is 0. The molecule has 0 saturated carbocycles. The first-order valence-corrected chi connectivity index (χ1v) is 3.96. The first-order valence-electron chi connectivity index (χ1n) is 3.58. The normalized spacial score (nSPS) is 14.5. The van der Waals surface area contributed by atoms with Crippen LogP contribution in [0.15, 0.2) is 30.7 Å². The number of halogens is 1. The van der Waals surface area contributed by atoms with Gasteiger partial charge >= 0.3 is 0 Å². The number of fused-ring (bicyclic) bond motifs is 1. The van der Waals surface area contributed by atoms with Crippen molar-refractivity contribution in [3.8, 4) is 5.75 Å². The van der Waals surface area contributed by atoms with E-state index in [1.54, 1.807) is 6.07 Å². The lowest BCUT2D eigenvalue weighted by molar-refractivity contribution is 0.446. The van der Waals surface area contributed by atoms with E-state index in [-0.39, 0.29) is 0 Å². The first kappa shape index (κ1) is 7.50. The molecule has 1 aliphatic rings. The van der Waals surface area contributed by atoms with Crippen LogP contribution in [-0.4, -0.2) is 7.05 Å². The predicted molar refractivity (Wildman–Crippen MR) is 49.6 cm³/mol. The summed E-state index contributed by atoms with van der Waals surface area (Å²) in [4.78, 5) is 1.86.